The van der Waals surface area contributed by atoms with Crippen LogP contribution in [0.15, 0.2) is 77.7 Å². The van der Waals surface area contributed by atoms with Gasteiger partial charge in [0.05, 0.1) is 17.7 Å². The van der Waals surface area contributed by atoms with E-state index in [0.717, 1.165) is 11.3 Å². The highest BCUT2D eigenvalue weighted by atomic mass is 32.2. The molecule has 7 nitrogen and oxygen atoms in total. The molecule has 0 aliphatic rings. The van der Waals surface area contributed by atoms with Gasteiger partial charge in [-0.3, -0.25) is 9.10 Å². The van der Waals surface area contributed by atoms with E-state index in [2.05, 4.69) is 0 Å². The average molecular weight is 468 g/mol. The maximum atomic E-state index is 13.2. The van der Waals surface area contributed by atoms with Gasteiger partial charge in [0, 0.05) is 46.0 Å². The van der Waals surface area contributed by atoms with Gasteiger partial charge in [0.25, 0.3) is 15.9 Å². The lowest BCUT2D eigenvalue weighted by molar-refractivity contribution is 0.0785. The molecule has 0 saturated heterocycles. The Labute approximate surface area is 195 Å². The molecule has 0 bridgehead atoms. The van der Waals surface area contributed by atoms with E-state index >= 15 is 0 Å². The van der Waals surface area contributed by atoms with Gasteiger partial charge < -0.3 is 14.5 Å². The largest absolute Gasteiger partial charge is 0.497 e. The molecule has 3 aromatic rings. The van der Waals surface area contributed by atoms with Gasteiger partial charge in [-0.25, -0.2) is 8.42 Å². The van der Waals surface area contributed by atoms with Crippen molar-refractivity contribution in [2.75, 3.05) is 44.5 Å². The molecule has 0 aliphatic heterocycles. The molecule has 0 fully saturated rings. The molecule has 3 rings (SSSR count). The van der Waals surface area contributed by atoms with E-state index in [1.165, 1.54) is 23.5 Å². The maximum Gasteiger partial charge on any atom is 0.264 e. The van der Waals surface area contributed by atoms with Crippen molar-refractivity contribution in [2.45, 2.75) is 11.4 Å². The van der Waals surface area contributed by atoms with Crippen LogP contribution in [0.2, 0.25) is 0 Å². The second-order valence-electron chi connectivity index (χ2n) is 7.92. The van der Waals surface area contributed by atoms with Gasteiger partial charge in [0.2, 0.25) is 0 Å². The van der Waals surface area contributed by atoms with Crippen molar-refractivity contribution in [1.29, 1.82) is 0 Å². The molecule has 0 aromatic heterocycles. The van der Waals surface area contributed by atoms with Crippen LogP contribution >= 0.6 is 0 Å². The van der Waals surface area contributed by atoms with Crippen LogP contribution < -0.4 is 13.9 Å². The normalized spacial score (nSPS) is 11.1. The SMILES string of the molecule is COc1ccc(N(C)S(=O)(=O)c2cccc(C(=O)N(C)Cc3ccc(N(C)C)cc3)c2)cc1. The van der Waals surface area contributed by atoms with Gasteiger partial charge in [-0.2, -0.15) is 0 Å². The second kappa shape index (κ2) is 9.95. The summed E-state index contributed by atoms with van der Waals surface area (Å²) in [6.45, 7) is 0.412. The minimum absolute atomic E-state index is 0.0513. The molecule has 0 atom stereocenters. The van der Waals surface area contributed by atoms with Crippen LogP contribution in [0.1, 0.15) is 15.9 Å². The fourth-order valence-electron chi connectivity index (χ4n) is 3.34. The quantitative estimate of drug-likeness (QED) is 0.503. The Balaban J connectivity index is 1.78. The van der Waals surface area contributed by atoms with E-state index in [9.17, 15) is 13.2 Å². The summed E-state index contributed by atoms with van der Waals surface area (Å²) in [6, 6.07) is 20.8. The zero-order chi connectivity index (χ0) is 24.2. The molecule has 8 heteroatoms. The van der Waals surface area contributed by atoms with E-state index in [4.69, 9.17) is 4.74 Å². The molecule has 1 amide bonds. The van der Waals surface area contributed by atoms with Crippen LogP contribution in [0.3, 0.4) is 0 Å². The number of methoxy groups -OCH3 is 1. The first-order valence-corrected chi connectivity index (χ1v) is 11.8. The summed E-state index contributed by atoms with van der Waals surface area (Å²) >= 11 is 0. The summed E-state index contributed by atoms with van der Waals surface area (Å²) in [6.07, 6.45) is 0. The fourth-order valence-corrected chi connectivity index (χ4v) is 4.59. The lowest BCUT2D eigenvalue weighted by atomic mass is 10.1. The number of rotatable bonds is 8. The van der Waals surface area contributed by atoms with Crippen molar-refractivity contribution in [3.05, 3.63) is 83.9 Å². The topological polar surface area (TPSA) is 70.2 Å². The summed E-state index contributed by atoms with van der Waals surface area (Å²) in [5, 5.41) is 0. The highest BCUT2D eigenvalue weighted by Crippen LogP contribution is 2.25. The van der Waals surface area contributed by atoms with E-state index in [-0.39, 0.29) is 10.8 Å². The Bertz CT molecular complexity index is 1210. The van der Waals surface area contributed by atoms with Crippen molar-refractivity contribution in [1.82, 2.24) is 4.90 Å². The zero-order valence-electron chi connectivity index (χ0n) is 19.5. The summed E-state index contributed by atoms with van der Waals surface area (Å²) < 4.78 is 32.7. The van der Waals surface area contributed by atoms with E-state index in [0.29, 0.717) is 23.5 Å². The third-order valence-corrected chi connectivity index (χ3v) is 7.18. The van der Waals surface area contributed by atoms with E-state index in [1.54, 1.807) is 55.5 Å². The molecule has 0 saturated carbocycles. The van der Waals surface area contributed by atoms with Gasteiger partial charge in [0.1, 0.15) is 5.75 Å². The molecule has 3 aromatic carbocycles. The molecule has 0 spiro atoms. The Kier molecular flexibility index (Phi) is 7.28. The van der Waals surface area contributed by atoms with Crippen LogP contribution in [0.25, 0.3) is 0 Å². The minimum atomic E-state index is -3.85. The number of benzene rings is 3. The van der Waals surface area contributed by atoms with Gasteiger partial charge >= 0.3 is 0 Å². The molecule has 0 radical (unpaired) electrons. The van der Waals surface area contributed by atoms with E-state index in [1.807, 2.05) is 43.3 Å². The summed E-state index contributed by atoms with van der Waals surface area (Å²) in [5.74, 6) is 0.382. The number of nitrogens with zero attached hydrogens (tertiary/aromatic N) is 3. The second-order valence-corrected chi connectivity index (χ2v) is 9.89. The number of hydrogen-bond donors (Lipinski definition) is 0. The lowest BCUT2D eigenvalue weighted by Crippen LogP contribution is -2.28. The van der Waals surface area contributed by atoms with Crippen LogP contribution in [-0.4, -0.2) is 54.5 Å². The number of hydrogen-bond acceptors (Lipinski definition) is 5. The highest BCUT2D eigenvalue weighted by molar-refractivity contribution is 7.92. The molecule has 0 aliphatic carbocycles. The summed E-state index contributed by atoms with van der Waals surface area (Å²) in [4.78, 5) is 16.6. The zero-order valence-corrected chi connectivity index (χ0v) is 20.3. The van der Waals surface area contributed by atoms with Crippen molar-refractivity contribution >= 4 is 27.3 Å². The molecule has 33 heavy (non-hydrogen) atoms. The standard InChI is InChI=1S/C25H29N3O4S/c1-26(2)21-11-9-19(10-12-21)18-27(3)25(29)20-7-6-8-24(17-20)33(30,31)28(4)22-13-15-23(32-5)16-14-22/h6-17H,18H2,1-5H3. The molecular formula is C25H29N3O4S. The highest BCUT2D eigenvalue weighted by Gasteiger charge is 2.23. The van der Waals surface area contributed by atoms with Gasteiger partial charge in [-0.1, -0.05) is 18.2 Å². The van der Waals surface area contributed by atoms with Crippen LogP contribution in [-0.2, 0) is 16.6 Å². The number of amides is 1. The smallest absolute Gasteiger partial charge is 0.264 e. The predicted molar refractivity (Wildman–Crippen MR) is 132 cm³/mol. The van der Waals surface area contributed by atoms with Crippen molar-refractivity contribution < 1.29 is 17.9 Å². The average Bonchev–Trinajstić information content (AvgIpc) is 2.83. The molecular weight excluding hydrogens is 438 g/mol. The first kappa shape index (κ1) is 24.1. The van der Waals surface area contributed by atoms with Gasteiger partial charge in [0.15, 0.2) is 0 Å². The number of carbonyl (C=O) groups is 1. The number of carbonyl (C=O) groups excluding carboxylic acids is 1. The maximum absolute atomic E-state index is 13.2. The Morgan fingerprint density at radius 3 is 2.03 bits per heavy atom. The fraction of sp³-hybridized carbons (Fsp3) is 0.240. The summed E-state index contributed by atoms with van der Waals surface area (Å²) in [7, 11) is 4.82. The number of sulfonamides is 1. The number of ether oxygens (including phenoxy) is 1. The molecule has 0 heterocycles. The molecule has 0 unspecified atom stereocenters. The Morgan fingerprint density at radius 1 is 0.848 bits per heavy atom. The third kappa shape index (κ3) is 5.46. The lowest BCUT2D eigenvalue weighted by Gasteiger charge is -2.21. The van der Waals surface area contributed by atoms with E-state index < -0.39 is 10.0 Å². The number of anilines is 2. The Morgan fingerprint density at radius 2 is 1.45 bits per heavy atom. The van der Waals surface area contributed by atoms with Crippen molar-refractivity contribution in [3.63, 3.8) is 0 Å². The van der Waals surface area contributed by atoms with Crippen molar-refractivity contribution in [2.24, 2.45) is 0 Å². The van der Waals surface area contributed by atoms with Gasteiger partial charge in [-0.15, -0.1) is 0 Å². The third-order valence-electron chi connectivity index (χ3n) is 5.39. The first-order chi connectivity index (χ1) is 15.6. The Hall–Kier alpha value is -3.52. The minimum Gasteiger partial charge on any atom is -0.497 e. The predicted octanol–water partition coefficient (Wildman–Crippen LogP) is 3.86. The summed E-state index contributed by atoms with van der Waals surface area (Å²) in [5.41, 5.74) is 2.86. The van der Waals surface area contributed by atoms with Crippen LogP contribution in [0.5, 0.6) is 5.75 Å². The van der Waals surface area contributed by atoms with Crippen molar-refractivity contribution in [3.8, 4) is 5.75 Å². The monoisotopic (exact) mass is 467 g/mol. The first-order valence-electron chi connectivity index (χ1n) is 10.4. The van der Waals surface area contributed by atoms with Crippen LogP contribution in [0, 0.1) is 0 Å². The molecule has 174 valence electrons. The van der Waals surface area contributed by atoms with Crippen LogP contribution in [0.4, 0.5) is 11.4 Å². The van der Waals surface area contributed by atoms with Gasteiger partial charge in [-0.05, 0) is 60.2 Å². The molecule has 0 N–H and O–H groups in total.